The molecule has 5 heteroatoms. The average Bonchev–Trinajstić information content (AvgIpc) is 2.86. The number of nitrogens with one attached hydrogen (secondary N) is 1. The van der Waals surface area contributed by atoms with Gasteiger partial charge in [0.05, 0.1) is 6.10 Å². The Morgan fingerprint density at radius 1 is 1.63 bits per heavy atom. The van der Waals surface area contributed by atoms with Gasteiger partial charge in [0.25, 0.3) is 0 Å². The Balaban J connectivity index is 1.89. The van der Waals surface area contributed by atoms with Gasteiger partial charge in [-0.15, -0.1) is 0 Å². The summed E-state index contributed by atoms with van der Waals surface area (Å²) in [5.74, 6) is 0.906. The third-order valence-corrected chi connectivity index (χ3v) is 3.18. The molecule has 1 aromatic heterocycles. The first-order valence-electron chi connectivity index (χ1n) is 6.90. The molecule has 0 unspecified atom stereocenters. The normalized spacial score (nSPS) is 19.8. The fourth-order valence-corrected chi connectivity index (χ4v) is 2.20. The van der Waals surface area contributed by atoms with Crippen molar-refractivity contribution in [2.45, 2.75) is 25.9 Å². The van der Waals surface area contributed by atoms with Gasteiger partial charge in [0.15, 0.2) is 5.96 Å². The summed E-state index contributed by atoms with van der Waals surface area (Å²) in [6.07, 6.45) is 5.15. The minimum absolute atomic E-state index is 0.220. The maximum Gasteiger partial charge on any atom is 0.194 e. The summed E-state index contributed by atoms with van der Waals surface area (Å²) in [4.78, 5) is 10.8. The van der Waals surface area contributed by atoms with Gasteiger partial charge >= 0.3 is 0 Å². The Bertz CT molecular complexity index is 407. The van der Waals surface area contributed by atoms with E-state index in [-0.39, 0.29) is 6.10 Å². The summed E-state index contributed by atoms with van der Waals surface area (Å²) in [5.41, 5.74) is 1.20. The lowest BCUT2D eigenvalue weighted by Gasteiger charge is -2.20. The van der Waals surface area contributed by atoms with Crippen molar-refractivity contribution in [2.75, 3.05) is 26.2 Å². The van der Waals surface area contributed by atoms with E-state index >= 15 is 0 Å². The number of pyridine rings is 1. The molecule has 0 saturated carbocycles. The monoisotopic (exact) mass is 262 g/mol. The van der Waals surface area contributed by atoms with Gasteiger partial charge in [-0.25, -0.2) is 0 Å². The van der Waals surface area contributed by atoms with Gasteiger partial charge in [-0.1, -0.05) is 6.07 Å². The molecule has 1 saturated heterocycles. The fraction of sp³-hybridized carbons (Fsp3) is 0.571. The summed E-state index contributed by atoms with van der Waals surface area (Å²) in [5, 5.41) is 12.9. The maximum atomic E-state index is 9.59. The highest BCUT2D eigenvalue weighted by atomic mass is 16.3. The standard InChI is InChI=1S/C14H22N4O/c1-2-16-14(18-9-6-13(19)11-18)17-8-5-12-4-3-7-15-10-12/h3-4,7,10,13,19H,2,5-6,8-9,11H2,1H3,(H,16,17)/t13-/m1/s1. The smallest absolute Gasteiger partial charge is 0.194 e. The molecule has 104 valence electrons. The largest absolute Gasteiger partial charge is 0.391 e. The first-order valence-corrected chi connectivity index (χ1v) is 6.90. The van der Waals surface area contributed by atoms with E-state index in [0.717, 1.165) is 38.4 Å². The molecule has 2 rings (SSSR count). The highest BCUT2D eigenvalue weighted by Gasteiger charge is 2.22. The van der Waals surface area contributed by atoms with Gasteiger partial charge in [0.2, 0.25) is 0 Å². The van der Waals surface area contributed by atoms with Gasteiger partial charge in [-0.2, -0.15) is 0 Å². The van der Waals surface area contributed by atoms with Gasteiger partial charge < -0.3 is 15.3 Å². The zero-order valence-electron chi connectivity index (χ0n) is 11.4. The molecule has 0 aliphatic carbocycles. The summed E-state index contributed by atoms with van der Waals surface area (Å²) < 4.78 is 0. The average molecular weight is 262 g/mol. The van der Waals surface area contributed by atoms with Crippen LogP contribution in [0.25, 0.3) is 0 Å². The molecule has 1 atom stereocenters. The van der Waals surface area contributed by atoms with Crippen molar-refractivity contribution in [2.24, 2.45) is 4.99 Å². The number of hydrogen-bond donors (Lipinski definition) is 2. The second kappa shape index (κ2) is 7.09. The number of aliphatic hydroxyl groups excluding tert-OH is 1. The Morgan fingerprint density at radius 2 is 2.53 bits per heavy atom. The number of aliphatic hydroxyl groups is 1. The van der Waals surface area contributed by atoms with E-state index in [1.807, 2.05) is 12.3 Å². The molecule has 2 heterocycles. The number of rotatable bonds is 4. The Kier molecular flexibility index (Phi) is 5.15. The predicted molar refractivity (Wildman–Crippen MR) is 76.1 cm³/mol. The zero-order valence-corrected chi connectivity index (χ0v) is 11.4. The minimum Gasteiger partial charge on any atom is -0.391 e. The van der Waals surface area contributed by atoms with Gasteiger partial charge in [-0.05, 0) is 31.4 Å². The molecule has 0 amide bonds. The van der Waals surface area contributed by atoms with E-state index in [1.165, 1.54) is 5.56 Å². The topological polar surface area (TPSA) is 60.8 Å². The molecule has 5 nitrogen and oxygen atoms in total. The molecule has 1 aromatic rings. The number of guanidine groups is 1. The van der Waals surface area contributed by atoms with Crippen LogP contribution in [0, 0.1) is 0 Å². The van der Waals surface area contributed by atoms with E-state index in [9.17, 15) is 5.11 Å². The van der Waals surface area contributed by atoms with Gasteiger partial charge in [-0.3, -0.25) is 9.98 Å². The third kappa shape index (κ3) is 4.21. The maximum absolute atomic E-state index is 9.59. The Hall–Kier alpha value is -1.62. The summed E-state index contributed by atoms with van der Waals surface area (Å²) in [7, 11) is 0. The zero-order chi connectivity index (χ0) is 13.5. The van der Waals surface area contributed by atoms with Crippen molar-refractivity contribution in [3.8, 4) is 0 Å². The quantitative estimate of drug-likeness (QED) is 0.618. The van der Waals surface area contributed by atoms with Crippen LogP contribution in [0.5, 0.6) is 0 Å². The lowest BCUT2D eigenvalue weighted by Crippen LogP contribution is -2.40. The number of β-amino-alcohol motifs (C(OH)–C–C–N with tert-alkyl or cyclic N) is 1. The van der Waals surface area contributed by atoms with Crippen LogP contribution in [0.2, 0.25) is 0 Å². The molecule has 19 heavy (non-hydrogen) atoms. The van der Waals surface area contributed by atoms with E-state index in [0.29, 0.717) is 6.54 Å². The molecule has 0 radical (unpaired) electrons. The third-order valence-electron chi connectivity index (χ3n) is 3.18. The summed E-state index contributed by atoms with van der Waals surface area (Å²) in [6.45, 7) is 5.20. The second-order valence-corrected chi connectivity index (χ2v) is 4.74. The number of hydrogen-bond acceptors (Lipinski definition) is 3. The van der Waals surface area contributed by atoms with Crippen molar-refractivity contribution >= 4 is 5.96 Å². The van der Waals surface area contributed by atoms with Crippen LogP contribution in [0.1, 0.15) is 18.9 Å². The van der Waals surface area contributed by atoms with Gasteiger partial charge in [0, 0.05) is 38.6 Å². The lowest BCUT2D eigenvalue weighted by molar-refractivity contribution is 0.188. The first kappa shape index (κ1) is 13.8. The molecule has 1 aliphatic heterocycles. The van der Waals surface area contributed by atoms with Crippen LogP contribution < -0.4 is 5.32 Å². The molecule has 0 aromatic carbocycles. The van der Waals surface area contributed by atoms with E-state index in [4.69, 9.17) is 0 Å². The lowest BCUT2D eigenvalue weighted by atomic mass is 10.2. The Morgan fingerprint density at radius 3 is 3.16 bits per heavy atom. The number of likely N-dealkylation sites (tertiary alicyclic amines) is 1. The van der Waals surface area contributed by atoms with Crippen molar-refractivity contribution in [3.05, 3.63) is 30.1 Å². The molecular weight excluding hydrogens is 240 g/mol. The van der Waals surface area contributed by atoms with E-state index in [1.54, 1.807) is 6.20 Å². The molecule has 0 spiro atoms. The van der Waals surface area contributed by atoms with Crippen molar-refractivity contribution in [1.29, 1.82) is 0 Å². The SMILES string of the molecule is CCNC(=NCCc1cccnc1)N1CC[C@@H](O)C1. The minimum atomic E-state index is -0.220. The summed E-state index contributed by atoms with van der Waals surface area (Å²) >= 11 is 0. The molecule has 1 aliphatic rings. The highest BCUT2D eigenvalue weighted by molar-refractivity contribution is 5.80. The van der Waals surface area contributed by atoms with Crippen LogP contribution in [-0.2, 0) is 6.42 Å². The molecular formula is C14H22N4O. The Labute approximate surface area is 114 Å². The second-order valence-electron chi connectivity index (χ2n) is 4.74. The molecule has 2 N–H and O–H groups in total. The van der Waals surface area contributed by atoms with E-state index in [2.05, 4.69) is 33.2 Å². The number of aromatic nitrogens is 1. The number of aliphatic imine (C=N–C) groups is 1. The first-order chi connectivity index (χ1) is 9.29. The van der Waals surface area contributed by atoms with Crippen LogP contribution in [-0.4, -0.2) is 53.2 Å². The van der Waals surface area contributed by atoms with Gasteiger partial charge in [0.1, 0.15) is 0 Å². The molecule has 0 bridgehead atoms. The highest BCUT2D eigenvalue weighted by Crippen LogP contribution is 2.09. The van der Waals surface area contributed by atoms with Crippen LogP contribution in [0.4, 0.5) is 0 Å². The number of nitrogens with zero attached hydrogens (tertiary/aromatic N) is 3. The summed E-state index contributed by atoms with van der Waals surface area (Å²) in [6, 6.07) is 4.01. The van der Waals surface area contributed by atoms with Crippen LogP contribution in [0.15, 0.2) is 29.5 Å². The van der Waals surface area contributed by atoms with Crippen molar-refractivity contribution in [1.82, 2.24) is 15.2 Å². The van der Waals surface area contributed by atoms with Crippen molar-refractivity contribution in [3.63, 3.8) is 0 Å². The predicted octanol–water partition coefficient (Wildman–Crippen LogP) is 0.656. The van der Waals surface area contributed by atoms with E-state index < -0.39 is 0 Å². The fourth-order valence-electron chi connectivity index (χ4n) is 2.20. The van der Waals surface area contributed by atoms with Crippen LogP contribution >= 0.6 is 0 Å². The van der Waals surface area contributed by atoms with Crippen LogP contribution in [0.3, 0.4) is 0 Å². The molecule has 1 fully saturated rings. The van der Waals surface area contributed by atoms with Crippen molar-refractivity contribution < 1.29 is 5.11 Å².